The number of sulfonamides is 1. The molecule has 0 bridgehead atoms. The molecule has 0 spiro atoms. The molecule has 0 fully saturated rings. The molecular weight excluding hydrogens is 434 g/mol. The van der Waals surface area contributed by atoms with E-state index in [4.69, 9.17) is 9.47 Å². The predicted octanol–water partition coefficient (Wildman–Crippen LogP) is 2.43. The molecule has 2 aromatic rings. The lowest BCUT2D eigenvalue weighted by molar-refractivity contribution is -0.171. The number of hydrogen-bond donors (Lipinski definition) is 0. The van der Waals surface area contributed by atoms with Crippen LogP contribution < -0.4 is 4.31 Å². The molecule has 0 unspecified atom stereocenters. The first kappa shape index (κ1) is 23.5. The number of methoxy groups -OCH3 is 2. The lowest BCUT2D eigenvalue weighted by atomic mass is 9.70. The molecule has 8 nitrogen and oxygen atoms in total. The SMILES string of the molecule is COC(=O)C1(C(=O)OC)Cc2ccccc2N(S(=O)(=O)c2ccc(C)cc2)[C@@H]1CC(C)=O. The minimum absolute atomic E-state index is 0.0306. The Labute approximate surface area is 187 Å². The molecule has 1 aliphatic rings. The summed E-state index contributed by atoms with van der Waals surface area (Å²) in [4.78, 5) is 38.4. The van der Waals surface area contributed by atoms with Gasteiger partial charge in [-0.1, -0.05) is 35.9 Å². The normalized spacial score (nSPS) is 17.2. The number of ether oxygens (including phenoxy) is 2. The Bertz CT molecular complexity index is 1140. The fraction of sp³-hybridized carbons (Fsp3) is 0.348. The number of fused-ring (bicyclic) bond motifs is 1. The van der Waals surface area contributed by atoms with E-state index in [0.29, 0.717) is 11.3 Å². The summed E-state index contributed by atoms with van der Waals surface area (Å²) in [7, 11) is -2.06. The topological polar surface area (TPSA) is 107 Å². The van der Waals surface area contributed by atoms with Crippen LogP contribution >= 0.6 is 0 Å². The maximum Gasteiger partial charge on any atom is 0.325 e. The van der Waals surface area contributed by atoms with Gasteiger partial charge in [0.05, 0.1) is 30.8 Å². The molecule has 3 rings (SSSR count). The van der Waals surface area contributed by atoms with Crippen LogP contribution in [-0.2, 0) is 40.3 Å². The molecule has 0 amide bonds. The largest absolute Gasteiger partial charge is 0.468 e. The quantitative estimate of drug-likeness (QED) is 0.482. The number of Topliss-reactive ketones (excluding diaryl/α,β-unsaturated/α-hetero) is 1. The minimum Gasteiger partial charge on any atom is -0.468 e. The van der Waals surface area contributed by atoms with Crippen molar-refractivity contribution in [2.45, 2.75) is 37.6 Å². The highest BCUT2D eigenvalue weighted by molar-refractivity contribution is 7.92. The van der Waals surface area contributed by atoms with E-state index in [2.05, 4.69) is 0 Å². The lowest BCUT2D eigenvalue weighted by Crippen LogP contribution is -2.63. The van der Waals surface area contributed by atoms with Crippen LogP contribution in [0.15, 0.2) is 53.4 Å². The summed E-state index contributed by atoms with van der Waals surface area (Å²) < 4.78 is 38.7. The molecule has 0 aromatic heterocycles. The van der Waals surface area contributed by atoms with E-state index in [1.165, 1.54) is 19.1 Å². The number of rotatable bonds is 6. The number of nitrogens with zero attached hydrogens (tertiary/aromatic N) is 1. The van der Waals surface area contributed by atoms with Crippen LogP contribution in [0.5, 0.6) is 0 Å². The van der Waals surface area contributed by atoms with Crippen LogP contribution in [0.4, 0.5) is 5.69 Å². The van der Waals surface area contributed by atoms with Gasteiger partial charge in [0.15, 0.2) is 5.41 Å². The van der Waals surface area contributed by atoms with Crippen molar-refractivity contribution in [3.8, 4) is 0 Å². The Kier molecular flexibility index (Phi) is 6.41. The Balaban J connectivity index is 2.38. The molecule has 0 radical (unpaired) electrons. The van der Waals surface area contributed by atoms with Gasteiger partial charge in [-0.05, 0) is 37.6 Å². The fourth-order valence-electron chi connectivity index (χ4n) is 4.18. The Morgan fingerprint density at radius 2 is 1.56 bits per heavy atom. The van der Waals surface area contributed by atoms with Crippen molar-refractivity contribution in [3.63, 3.8) is 0 Å². The third kappa shape index (κ3) is 3.77. The predicted molar refractivity (Wildman–Crippen MR) is 117 cm³/mol. The number of ketones is 1. The van der Waals surface area contributed by atoms with Crippen molar-refractivity contribution in [3.05, 3.63) is 59.7 Å². The number of benzene rings is 2. The second-order valence-corrected chi connectivity index (χ2v) is 9.61. The summed E-state index contributed by atoms with van der Waals surface area (Å²) >= 11 is 0. The molecule has 2 aromatic carbocycles. The standard InChI is InChI=1S/C23H25NO7S/c1-15-9-11-18(12-10-15)32(28,29)24-19-8-6-5-7-17(19)14-23(21(26)30-3,22(27)31-4)20(24)13-16(2)25/h5-12,20H,13-14H2,1-4H3/t20-/m1/s1. The van der Waals surface area contributed by atoms with Crippen molar-refractivity contribution in [2.75, 3.05) is 18.5 Å². The summed E-state index contributed by atoms with van der Waals surface area (Å²) in [6.45, 7) is 3.10. The van der Waals surface area contributed by atoms with Crippen LogP contribution in [0.2, 0.25) is 0 Å². The second kappa shape index (κ2) is 8.74. The number of anilines is 1. The first-order valence-electron chi connectivity index (χ1n) is 9.95. The maximum atomic E-state index is 13.9. The van der Waals surface area contributed by atoms with Gasteiger partial charge in [-0.3, -0.25) is 18.7 Å². The summed E-state index contributed by atoms with van der Waals surface area (Å²) in [5, 5.41) is 0. The van der Waals surface area contributed by atoms with E-state index >= 15 is 0 Å². The van der Waals surface area contributed by atoms with Crippen LogP contribution in [0, 0.1) is 12.3 Å². The second-order valence-electron chi connectivity index (χ2n) is 7.80. The third-order valence-electron chi connectivity index (χ3n) is 5.71. The van der Waals surface area contributed by atoms with E-state index in [0.717, 1.165) is 24.1 Å². The average molecular weight is 460 g/mol. The molecular formula is C23H25NO7S. The number of carbonyl (C=O) groups excluding carboxylic acids is 3. The molecule has 0 saturated heterocycles. The molecule has 32 heavy (non-hydrogen) atoms. The van der Waals surface area contributed by atoms with E-state index < -0.39 is 39.2 Å². The smallest absolute Gasteiger partial charge is 0.325 e. The molecule has 0 aliphatic carbocycles. The zero-order valence-electron chi connectivity index (χ0n) is 18.3. The van der Waals surface area contributed by atoms with Gasteiger partial charge in [-0.25, -0.2) is 8.42 Å². The van der Waals surface area contributed by atoms with Gasteiger partial charge in [-0.2, -0.15) is 0 Å². The zero-order chi connectivity index (χ0) is 23.7. The fourth-order valence-corrected chi connectivity index (χ4v) is 5.91. The summed E-state index contributed by atoms with van der Waals surface area (Å²) in [5.41, 5.74) is -0.454. The number of aryl methyl sites for hydroxylation is 1. The summed E-state index contributed by atoms with van der Waals surface area (Å²) in [6.07, 6.45) is -0.552. The number of hydrogen-bond acceptors (Lipinski definition) is 7. The molecule has 1 heterocycles. The van der Waals surface area contributed by atoms with E-state index in [-0.39, 0.29) is 17.7 Å². The van der Waals surface area contributed by atoms with E-state index in [1.54, 1.807) is 36.4 Å². The average Bonchev–Trinajstić information content (AvgIpc) is 2.77. The van der Waals surface area contributed by atoms with Crippen LogP contribution in [0.1, 0.15) is 24.5 Å². The monoisotopic (exact) mass is 459 g/mol. The molecule has 9 heteroatoms. The van der Waals surface area contributed by atoms with Crippen molar-refractivity contribution in [2.24, 2.45) is 5.41 Å². The van der Waals surface area contributed by atoms with Crippen molar-refractivity contribution in [1.82, 2.24) is 0 Å². The van der Waals surface area contributed by atoms with Gasteiger partial charge < -0.3 is 9.47 Å². The number of para-hydroxylation sites is 1. The molecule has 1 atom stereocenters. The molecule has 1 aliphatic heterocycles. The first-order valence-corrected chi connectivity index (χ1v) is 11.4. The molecule has 0 saturated carbocycles. The van der Waals surface area contributed by atoms with Gasteiger partial charge in [0.1, 0.15) is 5.78 Å². The highest BCUT2D eigenvalue weighted by atomic mass is 32.2. The van der Waals surface area contributed by atoms with Crippen molar-refractivity contribution < 1.29 is 32.3 Å². The maximum absolute atomic E-state index is 13.9. The van der Waals surface area contributed by atoms with Crippen LogP contribution in [0.3, 0.4) is 0 Å². The lowest BCUT2D eigenvalue weighted by Gasteiger charge is -2.46. The first-order chi connectivity index (χ1) is 15.1. The summed E-state index contributed by atoms with van der Waals surface area (Å²) in [6, 6.07) is 11.4. The van der Waals surface area contributed by atoms with Gasteiger partial charge in [-0.15, -0.1) is 0 Å². The Hall–Kier alpha value is -3.20. The zero-order valence-corrected chi connectivity index (χ0v) is 19.1. The Morgan fingerprint density at radius 3 is 2.09 bits per heavy atom. The van der Waals surface area contributed by atoms with Crippen LogP contribution in [-0.4, -0.2) is 46.4 Å². The van der Waals surface area contributed by atoms with Crippen molar-refractivity contribution in [1.29, 1.82) is 0 Å². The summed E-state index contributed by atoms with van der Waals surface area (Å²) in [5.74, 6) is -2.32. The molecule has 0 N–H and O–H groups in total. The van der Waals surface area contributed by atoms with Gasteiger partial charge >= 0.3 is 11.9 Å². The highest BCUT2D eigenvalue weighted by Crippen LogP contribution is 2.47. The van der Waals surface area contributed by atoms with Gasteiger partial charge in [0, 0.05) is 12.8 Å². The third-order valence-corrected chi connectivity index (χ3v) is 7.55. The number of carbonyl (C=O) groups is 3. The van der Waals surface area contributed by atoms with E-state index in [1.807, 2.05) is 6.92 Å². The van der Waals surface area contributed by atoms with Crippen LogP contribution in [0.25, 0.3) is 0 Å². The highest BCUT2D eigenvalue weighted by Gasteiger charge is 2.61. The van der Waals surface area contributed by atoms with Crippen molar-refractivity contribution >= 4 is 33.4 Å². The van der Waals surface area contributed by atoms with Gasteiger partial charge in [0.25, 0.3) is 10.0 Å². The molecule has 170 valence electrons. The van der Waals surface area contributed by atoms with E-state index in [9.17, 15) is 22.8 Å². The number of esters is 2. The Morgan fingerprint density at radius 1 is 1.00 bits per heavy atom. The minimum atomic E-state index is -4.28. The van der Waals surface area contributed by atoms with Gasteiger partial charge in [0.2, 0.25) is 0 Å².